The molecular formula is C27H36N4O3S. The van der Waals surface area contributed by atoms with Gasteiger partial charge in [0, 0.05) is 48.5 Å². The number of thiocarbonyl (C=S) groups is 1. The first-order chi connectivity index (χ1) is 16.7. The Morgan fingerprint density at radius 3 is 2.34 bits per heavy atom. The number of hydrogen-bond donors (Lipinski definition) is 2. The highest BCUT2D eigenvalue weighted by Crippen LogP contribution is 2.23. The minimum atomic E-state index is -0.353. The maximum atomic E-state index is 12.6. The number of benzene rings is 2. The fourth-order valence-corrected chi connectivity index (χ4v) is 4.01. The van der Waals surface area contributed by atoms with Crippen LogP contribution in [0, 0.1) is 5.41 Å². The predicted molar refractivity (Wildman–Crippen MR) is 145 cm³/mol. The average Bonchev–Trinajstić information content (AvgIpc) is 2.84. The molecule has 2 amide bonds. The Bertz CT molecular complexity index is 1030. The Morgan fingerprint density at radius 1 is 1.03 bits per heavy atom. The van der Waals surface area contributed by atoms with Gasteiger partial charge in [-0.05, 0) is 61.1 Å². The van der Waals surface area contributed by atoms with E-state index in [2.05, 4.69) is 22.5 Å². The first kappa shape index (κ1) is 26.5. The third kappa shape index (κ3) is 7.68. The summed E-state index contributed by atoms with van der Waals surface area (Å²) in [6.07, 6.45) is 2.02. The number of carbonyl (C=O) groups is 2. The van der Waals surface area contributed by atoms with E-state index in [1.165, 1.54) is 0 Å². The smallest absolute Gasteiger partial charge is 0.257 e. The van der Waals surface area contributed by atoms with Gasteiger partial charge in [-0.15, -0.1) is 0 Å². The third-order valence-electron chi connectivity index (χ3n) is 5.79. The molecule has 0 saturated carbocycles. The monoisotopic (exact) mass is 496 g/mol. The summed E-state index contributed by atoms with van der Waals surface area (Å²) in [6.45, 7) is 11.6. The van der Waals surface area contributed by atoms with E-state index >= 15 is 0 Å². The molecule has 1 saturated heterocycles. The summed E-state index contributed by atoms with van der Waals surface area (Å²) < 4.78 is 5.68. The topological polar surface area (TPSA) is 73.9 Å². The van der Waals surface area contributed by atoms with Gasteiger partial charge in [0.2, 0.25) is 5.91 Å². The number of amides is 2. The lowest BCUT2D eigenvalue weighted by Gasteiger charge is -2.38. The second kappa shape index (κ2) is 12.0. The van der Waals surface area contributed by atoms with Crippen molar-refractivity contribution in [2.75, 3.05) is 43.0 Å². The van der Waals surface area contributed by atoms with Gasteiger partial charge in [0.1, 0.15) is 5.75 Å². The minimum Gasteiger partial charge on any atom is -0.494 e. The summed E-state index contributed by atoms with van der Waals surface area (Å²) >= 11 is 5.33. The van der Waals surface area contributed by atoms with Gasteiger partial charge in [0.05, 0.1) is 6.61 Å². The van der Waals surface area contributed by atoms with Crippen LogP contribution in [0.3, 0.4) is 0 Å². The first-order valence-corrected chi connectivity index (χ1v) is 12.6. The fourth-order valence-electron chi connectivity index (χ4n) is 3.80. The molecule has 0 bridgehead atoms. The molecule has 2 aromatic rings. The number of anilines is 2. The van der Waals surface area contributed by atoms with Gasteiger partial charge >= 0.3 is 0 Å². The van der Waals surface area contributed by atoms with E-state index < -0.39 is 0 Å². The zero-order chi connectivity index (χ0) is 25.4. The van der Waals surface area contributed by atoms with E-state index in [1.807, 2.05) is 56.0 Å². The zero-order valence-corrected chi connectivity index (χ0v) is 21.9. The van der Waals surface area contributed by atoms with Crippen LogP contribution < -0.4 is 20.3 Å². The molecule has 35 heavy (non-hydrogen) atoms. The van der Waals surface area contributed by atoms with Gasteiger partial charge in [-0.2, -0.15) is 0 Å². The van der Waals surface area contributed by atoms with E-state index in [9.17, 15) is 9.59 Å². The van der Waals surface area contributed by atoms with E-state index in [-0.39, 0.29) is 22.3 Å². The summed E-state index contributed by atoms with van der Waals surface area (Å²) in [6, 6.07) is 15.0. The van der Waals surface area contributed by atoms with Crippen LogP contribution in [-0.4, -0.2) is 54.6 Å². The van der Waals surface area contributed by atoms with Gasteiger partial charge in [-0.3, -0.25) is 14.9 Å². The summed E-state index contributed by atoms with van der Waals surface area (Å²) in [5.41, 5.74) is 2.02. The van der Waals surface area contributed by atoms with Crippen LogP contribution in [0.25, 0.3) is 0 Å². The van der Waals surface area contributed by atoms with Crippen LogP contribution in [0.15, 0.2) is 48.5 Å². The molecule has 1 heterocycles. The summed E-state index contributed by atoms with van der Waals surface area (Å²) in [4.78, 5) is 29.3. The predicted octanol–water partition coefficient (Wildman–Crippen LogP) is 4.69. The van der Waals surface area contributed by atoms with Crippen molar-refractivity contribution in [3.63, 3.8) is 0 Å². The van der Waals surface area contributed by atoms with Crippen molar-refractivity contribution in [3.05, 3.63) is 54.1 Å². The molecule has 1 fully saturated rings. The molecule has 188 valence electrons. The minimum absolute atomic E-state index is 0.197. The van der Waals surface area contributed by atoms with E-state index in [1.54, 1.807) is 18.2 Å². The fraction of sp³-hybridized carbons (Fsp3) is 0.444. The van der Waals surface area contributed by atoms with E-state index in [0.717, 1.165) is 50.4 Å². The van der Waals surface area contributed by atoms with Gasteiger partial charge < -0.3 is 19.9 Å². The normalized spacial score (nSPS) is 13.8. The number of ether oxygens (including phenoxy) is 1. The highest BCUT2D eigenvalue weighted by molar-refractivity contribution is 7.80. The molecule has 1 aliphatic heterocycles. The first-order valence-electron chi connectivity index (χ1n) is 12.2. The molecule has 0 radical (unpaired) electrons. The van der Waals surface area contributed by atoms with E-state index in [0.29, 0.717) is 17.9 Å². The van der Waals surface area contributed by atoms with Gasteiger partial charge in [0.15, 0.2) is 5.11 Å². The van der Waals surface area contributed by atoms with Crippen molar-refractivity contribution < 1.29 is 14.3 Å². The summed E-state index contributed by atoms with van der Waals surface area (Å²) in [5, 5.41) is 6.02. The van der Waals surface area contributed by atoms with Crippen LogP contribution >= 0.6 is 12.2 Å². The number of piperazine rings is 1. The maximum absolute atomic E-state index is 12.6. The van der Waals surface area contributed by atoms with Crippen LogP contribution in [0.5, 0.6) is 5.75 Å². The lowest BCUT2D eigenvalue weighted by Crippen LogP contribution is -2.51. The molecule has 8 heteroatoms. The number of nitrogens with one attached hydrogen (secondary N) is 2. The molecular weight excluding hydrogens is 460 g/mol. The van der Waals surface area contributed by atoms with E-state index in [4.69, 9.17) is 17.0 Å². The molecule has 0 spiro atoms. The second-order valence-corrected chi connectivity index (χ2v) is 10.1. The molecule has 1 aliphatic rings. The van der Waals surface area contributed by atoms with Gasteiger partial charge in [-0.25, -0.2) is 0 Å². The van der Waals surface area contributed by atoms with Gasteiger partial charge in [-0.1, -0.05) is 40.2 Å². The number of carbonyl (C=O) groups excluding carboxylic acids is 2. The SMILES string of the molecule is CCCCOc1cccc(C(=O)NC(=S)Nc2ccc(N3CCN(C(=O)C(C)(C)C)CC3)cc2)c1. The lowest BCUT2D eigenvalue weighted by atomic mass is 9.94. The Morgan fingerprint density at radius 2 is 1.71 bits per heavy atom. The number of unbranched alkanes of at least 4 members (excludes halogenated alkanes) is 1. The Kier molecular flexibility index (Phi) is 9.09. The highest BCUT2D eigenvalue weighted by Gasteiger charge is 2.29. The van der Waals surface area contributed by atoms with Crippen molar-refractivity contribution in [2.24, 2.45) is 5.41 Å². The quantitative estimate of drug-likeness (QED) is 0.428. The van der Waals surface area contributed by atoms with Crippen molar-refractivity contribution in [1.29, 1.82) is 0 Å². The average molecular weight is 497 g/mol. The molecule has 2 aromatic carbocycles. The van der Waals surface area contributed by atoms with Crippen molar-refractivity contribution in [1.82, 2.24) is 10.2 Å². The molecule has 0 unspecified atom stereocenters. The summed E-state index contributed by atoms with van der Waals surface area (Å²) in [5.74, 6) is 0.579. The van der Waals surface area contributed by atoms with Crippen LogP contribution in [0.2, 0.25) is 0 Å². The number of nitrogens with zero attached hydrogens (tertiary/aromatic N) is 2. The van der Waals surface area contributed by atoms with Crippen molar-refractivity contribution >= 4 is 40.5 Å². The molecule has 3 rings (SSSR count). The van der Waals surface area contributed by atoms with Crippen molar-refractivity contribution in [3.8, 4) is 5.75 Å². The highest BCUT2D eigenvalue weighted by atomic mass is 32.1. The molecule has 7 nitrogen and oxygen atoms in total. The number of hydrogen-bond acceptors (Lipinski definition) is 5. The van der Waals surface area contributed by atoms with Crippen molar-refractivity contribution in [2.45, 2.75) is 40.5 Å². The standard InChI is InChI=1S/C27H36N4O3S/c1-5-6-18-34-23-9-7-8-20(19-23)24(32)29-26(35)28-21-10-12-22(13-11-21)30-14-16-31(17-15-30)25(33)27(2,3)4/h7-13,19H,5-6,14-18H2,1-4H3,(H2,28,29,32,35). The Labute approximate surface area is 213 Å². The molecule has 0 atom stereocenters. The van der Waals surface area contributed by atoms with Gasteiger partial charge in [0.25, 0.3) is 5.91 Å². The lowest BCUT2D eigenvalue weighted by molar-refractivity contribution is -0.139. The molecule has 2 N–H and O–H groups in total. The van der Waals surface area contributed by atoms with Crippen LogP contribution in [-0.2, 0) is 4.79 Å². The summed E-state index contributed by atoms with van der Waals surface area (Å²) in [7, 11) is 0. The molecule has 0 aliphatic carbocycles. The number of rotatable bonds is 7. The Hall–Kier alpha value is -3.13. The second-order valence-electron chi connectivity index (χ2n) is 9.71. The third-order valence-corrected chi connectivity index (χ3v) is 5.99. The van der Waals surface area contributed by atoms with Crippen LogP contribution in [0.4, 0.5) is 11.4 Å². The Balaban J connectivity index is 1.49. The zero-order valence-electron chi connectivity index (χ0n) is 21.1. The maximum Gasteiger partial charge on any atom is 0.257 e. The van der Waals surface area contributed by atoms with Crippen LogP contribution in [0.1, 0.15) is 50.9 Å². The molecule has 0 aromatic heterocycles. The largest absolute Gasteiger partial charge is 0.494 e.